The second-order valence-electron chi connectivity index (χ2n) is 2.81. The minimum atomic E-state index is 0.466. The van der Waals surface area contributed by atoms with Crippen LogP contribution in [-0.2, 0) is 6.61 Å². The van der Waals surface area contributed by atoms with Gasteiger partial charge in [0.25, 0.3) is 0 Å². The standard InChI is InChI=1S/C10H7BrClNOS/c11-7-4-9(12)10(13-5-7)14-6-8-2-1-3-15-8/h1-5H,6H2. The third kappa shape index (κ3) is 2.93. The molecular formula is C10H7BrClNOS. The highest BCUT2D eigenvalue weighted by Gasteiger charge is 2.04. The lowest BCUT2D eigenvalue weighted by Crippen LogP contribution is -1.95. The van der Waals surface area contributed by atoms with Gasteiger partial charge >= 0.3 is 0 Å². The predicted octanol–water partition coefficient (Wildman–Crippen LogP) is 4.14. The second-order valence-corrected chi connectivity index (χ2v) is 5.16. The van der Waals surface area contributed by atoms with E-state index in [9.17, 15) is 0 Å². The van der Waals surface area contributed by atoms with Crippen LogP contribution in [0.25, 0.3) is 0 Å². The largest absolute Gasteiger partial charge is 0.471 e. The van der Waals surface area contributed by atoms with Gasteiger partial charge in [-0.05, 0) is 33.4 Å². The van der Waals surface area contributed by atoms with Crippen LogP contribution in [0, 0.1) is 0 Å². The van der Waals surface area contributed by atoms with Crippen molar-refractivity contribution in [3.05, 3.63) is 44.1 Å². The fourth-order valence-electron chi connectivity index (χ4n) is 1.04. The molecule has 0 bridgehead atoms. The van der Waals surface area contributed by atoms with Crippen LogP contribution < -0.4 is 4.74 Å². The molecule has 2 aromatic heterocycles. The van der Waals surface area contributed by atoms with Crippen molar-refractivity contribution in [2.24, 2.45) is 0 Å². The molecule has 0 saturated carbocycles. The van der Waals surface area contributed by atoms with E-state index in [0.29, 0.717) is 17.5 Å². The average molecular weight is 305 g/mol. The van der Waals surface area contributed by atoms with Crippen molar-refractivity contribution in [1.29, 1.82) is 0 Å². The Labute approximate surface area is 105 Å². The van der Waals surface area contributed by atoms with E-state index >= 15 is 0 Å². The number of aromatic nitrogens is 1. The molecule has 0 unspecified atom stereocenters. The summed E-state index contributed by atoms with van der Waals surface area (Å²) in [6, 6.07) is 5.76. The fraction of sp³-hybridized carbons (Fsp3) is 0.100. The third-order valence-electron chi connectivity index (χ3n) is 1.71. The van der Waals surface area contributed by atoms with Crippen LogP contribution in [0.3, 0.4) is 0 Å². The zero-order chi connectivity index (χ0) is 10.7. The van der Waals surface area contributed by atoms with Gasteiger partial charge in [-0.2, -0.15) is 0 Å². The number of thiophene rings is 1. The van der Waals surface area contributed by atoms with E-state index in [2.05, 4.69) is 20.9 Å². The normalized spacial score (nSPS) is 10.3. The molecule has 5 heteroatoms. The Morgan fingerprint density at radius 2 is 2.40 bits per heavy atom. The Hall–Kier alpha value is -0.580. The highest BCUT2D eigenvalue weighted by Crippen LogP contribution is 2.25. The molecule has 0 atom stereocenters. The minimum Gasteiger partial charge on any atom is -0.471 e. The molecule has 78 valence electrons. The van der Waals surface area contributed by atoms with Gasteiger partial charge in [-0.15, -0.1) is 11.3 Å². The van der Waals surface area contributed by atoms with Gasteiger partial charge in [0, 0.05) is 15.5 Å². The number of hydrogen-bond donors (Lipinski definition) is 0. The van der Waals surface area contributed by atoms with E-state index < -0.39 is 0 Å². The fourth-order valence-corrected chi connectivity index (χ4v) is 2.34. The predicted molar refractivity (Wildman–Crippen MR) is 65.6 cm³/mol. The average Bonchev–Trinajstić information content (AvgIpc) is 2.69. The van der Waals surface area contributed by atoms with Crippen molar-refractivity contribution >= 4 is 38.9 Å². The quantitative estimate of drug-likeness (QED) is 0.850. The van der Waals surface area contributed by atoms with Crippen molar-refractivity contribution in [3.8, 4) is 5.88 Å². The molecule has 0 aliphatic rings. The molecule has 2 nitrogen and oxygen atoms in total. The van der Waals surface area contributed by atoms with Crippen molar-refractivity contribution < 1.29 is 4.74 Å². The van der Waals surface area contributed by atoms with Gasteiger partial charge in [0.1, 0.15) is 11.6 Å². The monoisotopic (exact) mass is 303 g/mol. The molecule has 15 heavy (non-hydrogen) atoms. The molecule has 0 amide bonds. The van der Waals surface area contributed by atoms with Gasteiger partial charge < -0.3 is 4.74 Å². The molecule has 0 fully saturated rings. The number of pyridine rings is 1. The highest BCUT2D eigenvalue weighted by molar-refractivity contribution is 9.10. The Balaban J connectivity index is 2.05. The van der Waals surface area contributed by atoms with Crippen LogP contribution >= 0.6 is 38.9 Å². The number of hydrogen-bond acceptors (Lipinski definition) is 3. The molecular weight excluding hydrogens is 298 g/mol. The lowest BCUT2D eigenvalue weighted by molar-refractivity contribution is 0.297. The molecule has 2 heterocycles. The molecule has 0 spiro atoms. The van der Waals surface area contributed by atoms with Crippen LogP contribution in [0.1, 0.15) is 4.88 Å². The molecule has 2 rings (SSSR count). The summed E-state index contributed by atoms with van der Waals surface area (Å²) in [5.41, 5.74) is 0. The zero-order valence-corrected chi connectivity index (χ0v) is 10.8. The summed E-state index contributed by atoms with van der Waals surface area (Å²) in [6.07, 6.45) is 1.66. The highest BCUT2D eigenvalue weighted by atomic mass is 79.9. The number of ether oxygens (including phenoxy) is 1. The maximum absolute atomic E-state index is 5.96. The first kappa shape index (κ1) is 10.9. The lowest BCUT2D eigenvalue weighted by atomic mass is 10.5. The van der Waals surface area contributed by atoms with E-state index in [0.717, 1.165) is 9.35 Å². The first-order valence-corrected chi connectivity index (χ1v) is 6.27. The van der Waals surface area contributed by atoms with Gasteiger partial charge in [-0.3, -0.25) is 0 Å². The van der Waals surface area contributed by atoms with Gasteiger partial charge in [0.2, 0.25) is 5.88 Å². The van der Waals surface area contributed by atoms with Gasteiger partial charge in [0.15, 0.2) is 0 Å². The zero-order valence-electron chi connectivity index (χ0n) is 7.61. The summed E-state index contributed by atoms with van der Waals surface area (Å²) in [7, 11) is 0. The summed E-state index contributed by atoms with van der Waals surface area (Å²) in [5, 5.41) is 2.52. The SMILES string of the molecule is Clc1cc(Br)cnc1OCc1cccs1. The Morgan fingerprint density at radius 1 is 1.53 bits per heavy atom. The molecule has 0 aromatic carbocycles. The molecule has 0 aliphatic carbocycles. The van der Waals surface area contributed by atoms with Gasteiger partial charge in [-0.25, -0.2) is 4.98 Å². The van der Waals surface area contributed by atoms with Crippen molar-refractivity contribution in [2.45, 2.75) is 6.61 Å². The third-order valence-corrected chi connectivity index (χ3v) is 3.26. The number of rotatable bonds is 3. The maximum atomic E-state index is 5.96. The van der Waals surface area contributed by atoms with E-state index in [1.807, 2.05) is 17.5 Å². The molecule has 0 radical (unpaired) electrons. The minimum absolute atomic E-state index is 0.466. The van der Waals surface area contributed by atoms with E-state index in [1.165, 1.54) is 0 Å². The Kier molecular flexibility index (Phi) is 3.61. The summed E-state index contributed by atoms with van der Waals surface area (Å²) in [6.45, 7) is 0.506. The molecule has 0 aliphatic heterocycles. The topological polar surface area (TPSA) is 22.1 Å². The van der Waals surface area contributed by atoms with Crippen molar-refractivity contribution in [3.63, 3.8) is 0 Å². The molecule has 0 N–H and O–H groups in total. The maximum Gasteiger partial charge on any atom is 0.232 e. The molecule has 0 saturated heterocycles. The van der Waals surface area contributed by atoms with Crippen molar-refractivity contribution in [2.75, 3.05) is 0 Å². The van der Waals surface area contributed by atoms with E-state index in [1.54, 1.807) is 23.6 Å². The summed E-state index contributed by atoms with van der Waals surface area (Å²) >= 11 is 10.9. The van der Waals surface area contributed by atoms with Crippen LogP contribution in [0.4, 0.5) is 0 Å². The van der Waals surface area contributed by atoms with Crippen LogP contribution in [0.2, 0.25) is 5.02 Å². The Bertz CT molecular complexity index is 447. The second kappa shape index (κ2) is 4.96. The van der Waals surface area contributed by atoms with Crippen LogP contribution in [-0.4, -0.2) is 4.98 Å². The van der Waals surface area contributed by atoms with Crippen molar-refractivity contribution in [1.82, 2.24) is 4.98 Å². The first-order valence-electron chi connectivity index (χ1n) is 4.22. The van der Waals surface area contributed by atoms with E-state index in [-0.39, 0.29) is 0 Å². The number of halogens is 2. The van der Waals surface area contributed by atoms with Gasteiger partial charge in [0.05, 0.1) is 0 Å². The Morgan fingerprint density at radius 3 is 3.07 bits per heavy atom. The molecule has 2 aromatic rings. The van der Waals surface area contributed by atoms with Gasteiger partial charge in [-0.1, -0.05) is 17.7 Å². The lowest BCUT2D eigenvalue weighted by Gasteiger charge is -2.05. The smallest absolute Gasteiger partial charge is 0.232 e. The van der Waals surface area contributed by atoms with E-state index in [4.69, 9.17) is 16.3 Å². The van der Waals surface area contributed by atoms with Crippen LogP contribution in [0.15, 0.2) is 34.2 Å². The van der Waals surface area contributed by atoms with Crippen LogP contribution in [0.5, 0.6) is 5.88 Å². The number of nitrogens with zero attached hydrogens (tertiary/aromatic N) is 1. The first-order chi connectivity index (χ1) is 7.25. The summed E-state index contributed by atoms with van der Waals surface area (Å²) in [4.78, 5) is 5.23. The summed E-state index contributed by atoms with van der Waals surface area (Å²) < 4.78 is 6.33. The summed E-state index contributed by atoms with van der Waals surface area (Å²) in [5.74, 6) is 0.466.